The van der Waals surface area contributed by atoms with Crippen molar-refractivity contribution in [3.8, 4) is 0 Å². The Balaban J connectivity index is 1.71. The average Bonchev–Trinajstić information content (AvgIpc) is 2.79. The van der Waals surface area contributed by atoms with Crippen LogP contribution in [0.15, 0.2) is 16.5 Å². The monoisotopic (exact) mass is 239 g/mol. The summed E-state index contributed by atoms with van der Waals surface area (Å²) < 4.78 is 10.5. The van der Waals surface area contributed by atoms with E-state index in [1.807, 2.05) is 0 Å². The van der Waals surface area contributed by atoms with Crippen molar-refractivity contribution >= 4 is 5.97 Å². The highest BCUT2D eigenvalue weighted by atomic mass is 16.5. The Morgan fingerprint density at radius 3 is 2.76 bits per heavy atom. The quantitative estimate of drug-likeness (QED) is 0.837. The fourth-order valence-corrected chi connectivity index (χ4v) is 1.93. The van der Waals surface area contributed by atoms with Crippen molar-refractivity contribution in [2.24, 2.45) is 0 Å². The second-order valence-corrected chi connectivity index (χ2v) is 4.13. The molecule has 2 heterocycles. The molecule has 1 aromatic heterocycles. The maximum Gasteiger partial charge on any atom is 0.371 e. The molecule has 1 saturated heterocycles. The molecule has 94 valence electrons. The van der Waals surface area contributed by atoms with Gasteiger partial charge in [-0.25, -0.2) is 4.79 Å². The van der Waals surface area contributed by atoms with Crippen LogP contribution in [0.4, 0.5) is 0 Å². The van der Waals surface area contributed by atoms with E-state index >= 15 is 0 Å². The minimum Gasteiger partial charge on any atom is -0.475 e. The molecule has 1 fully saturated rings. The fraction of sp³-hybridized carbons (Fsp3) is 0.583. The van der Waals surface area contributed by atoms with Crippen molar-refractivity contribution in [2.75, 3.05) is 32.8 Å². The Kier molecular flexibility index (Phi) is 4.17. The minimum atomic E-state index is -1.01. The molecule has 0 radical (unpaired) electrons. The predicted molar refractivity (Wildman–Crippen MR) is 61.2 cm³/mol. The maximum atomic E-state index is 10.6. The molecule has 0 aromatic carbocycles. The molecule has 0 spiro atoms. The summed E-state index contributed by atoms with van der Waals surface area (Å²) in [5.74, 6) is -0.244. The van der Waals surface area contributed by atoms with Gasteiger partial charge >= 0.3 is 5.97 Å². The zero-order chi connectivity index (χ0) is 12.1. The first-order chi connectivity index (χ1) is 8.25. The molecule has 5 heteroatoms. The fourth-order valence-electron chi connectivity index (χ4n) is 1.93. The summed E-state index contributed by atoms with van der Waals surface area (Å²) in [6, 6.07) is 3.25. The summed E-state index contributed by atoms with van der Waals surface area (Å²) >= 11 is 0. The van der Waals surface area contributed by atoms with Gasteiger partial charge in [-0.2, -0.15) is 0 Å². The summed E-state index contributed by atoms with van der Waals surface area (Å²) in [6.45, 7) is 4.59. The van der Waals surface area contributed by atoms with Gasteiger partial charge < -0.3 is 14.3 Å². The van der Waals surface area contributed by atoms with Gasteiger partial charge in [0, 0.05) is 19.5 Å². The first-order valence-electron chi connectivity index (χ1n) is 5.88. The molecule has 0 aliphatic carbocycles. The molecule has 17 heavy (non-hydrogen) atoms. The van der Waals surface area contributed by atoms with Crippen molar-refractivity contribution < 1.29 is 19.1 Å². The van der Waals surface area contributed by atoms with Gasteiger partial charge in [0.25, 0.3) is 0 Å². The SMILES string of the molecule is O=C(O)c1ccc(CCCN2CCOCC2)o1. The minimum absolute atomic E-state index is 0.0198. The first-order valence-corrected chi connectivity index (χ1v) is 5.88. The molecular formula is C12H17NO4. The number of nitrogens with zero attached hydrogens (tertiary/aromatic N) is 1. The Labute approximate surface area is 100.0 Å². The van der Waals surface area contributed by atoms with E-state index in [1.54, 1.807) is 6.07 Å². The molecule has 0 bridgehead atoms. The summed E-state index contributed by atoms with van der Waals surface area (Å²) in [6.07, 6.45) is 1.76. The summed E-state index contributed by atoms with van der Waals surface area (Å²) in [4.78, 5) is 13.0. The number of carboxylic acid groups (broad SMARTS) is 1. The molecule has 0 unspecified atom stereocenters. The average molecular weight is 239 g/mol. The van der Waals surface area contributed by atoms with E-state index in [-0.39, 0.29) is 5.76 Å². The Morgan fingerprint density at radius 1 is 1.35 bits per heavy atom. The summed E-state index contributed by atoms with van der Waals surface area (Å²) in [5, 5.41) is 8.71. The second-order valence-electron chi connectivity index (χ2n) is 4.13. The molecule has 1 aliphatic heterocycles. The van der Waals surface area contributed by atoms with Crippen molar-refractivity contribution in [2.45, 2.75) is 12.8 Å². The van der Waals surface area contributed by atoms with Crippen molar-refractivity contribution in [1.82, 2.24) is 4.90 Å². The highest BCUT2D eigenvalue weighted by Gasteiger charge is 2.11. The highest BCUT2D eigenvalue weighted by molar-refractivity contribution is 5.84. The van der Waals surface area contributed by atoms with Crippen molar-refractivity contribution in [1.29, 1.82) is 0 Å². The lowest BCUT2D eigenvalue weighted by Gasteiger charge is -2.26. The molecule has 0 saturated carbocycles. The van der Waals surface area contributed by atoms with Gasteiger partial charge in [0.1, 0.15) is 5.76 Å². The third-order valence-electron chi connectivity index (χ3n) is 2.87. The molecule has 0 amide bonds. The zero-order valence-electron chi connectivity index (χ0n) is 9.72. The number of carbonyl (C=O) groups is 1. The number of furan rings is 1. The van der Waals surface area contributed by atoms with Crippen LogP contribution >= 0.6 is 0 Å². The van der Waals surface area contributed by atoms with E-state index in [1.165, 1.54) is 6.07 Å². The van der Waals surface area contributed by atoms with Crippen LogP contribution in [0.5, 0.6) is 0 Å². The number of hydrogen-bond acceptors (Lipinski definition) is 4. The lowest BCUT2D eigenvalue weighted by atomic mass is 10.2. The molecule has 2 rings (SSSR count). The number of morpholine rings is 1. The molecule has 5 nitrogen and oxygen atoms in total. The van der Waals surface area contributed by atoms with Crippen LogP contribution in [-0.4, -0.2) is 48.8 Å². The number of carboxylic acids is 1. The summed E-state index contributed by atoms with van der Waals surface area (Å²) in [5.41, 5.74) is 0. The second kappa shape index (κ2) is 5.84. The van der Waals surface area contributed by atoms with Gasteiger partial charge in [-0.3, -0.25) is 4.90 Å². The van der Waals surface area contributed by atoms with Crippen LogP contribution in [0.25, 0.3) is 0 Å². The third kappa shape index (κ3) is 3.57. The van der Waals surface area contributed by atoms with Crippen LogP contribution < -0.4 is 0 Å². The first kappa shape index (κ1) is 12.1. The van der Waals surface area contributed by atoms with E-state index in [9.17, 15) is 4.79 Å². The topological polar surface area (TPSA) is 62.9 Å². The van der Waals surface area contributed by atoms with Crippen LogP contribution in [0.1, 0.15) is 22.7 Å². The van der Waals surface area contributed by atoms with E-state index < -0.39 is 5.97 Å². The molecule has 1 aromatic rings. The Bertz CT molecular complexity index is 368. The number of hydrogen-bond donors (Lipinski definition) is 1. The standard InChI is InChI=1S/C12H17NO4/c14-12(15)11-4-3-10(17-11)2-1-5-13-6-8-16-9-7-13/h3-4H,1-2,5-9H2,(H,14,15). The third-order valence-corrected chi connectivity index (χ3v) is 2.87. The zero-order valence-corrected chi connectivity index (χ0v) is 9.72. The van der Waals surface area contributed by atoms with Crippen molar-refractivity contribution in [3.05, 3.63) is 23.7 Å². The lowest BCUT2D eigenvalue weighted by molar-refractivity contribution is 0.0373. The number of rotatable bonds is 5. The summed E-state index contributed by atoms with van der Waals surface area (Å²) in [7, 11) is 0. The number of aryl methyl sites for hydroxylation is 1. The van der Waals surface area contributed by atoms with Gasteiger partial charge in [0.2, 0.25) is 5.76 Å². The van der Waals surface area contributed by atoms with E-state index in [4.69, 9.17) is 14.3 Å². The lowest BCUT2D eigenvalue weighted by Crippen LogP contribution is -2.36. The van der Waals surface area contributed by atoms with Gasteiger partial charge in [0.05, 0.1) is 13.2 Å². The van der Waals surface area contributed by atoms with Gasteiger partial charge in [-0.05, 0) is 25.1 Å². The van der Waals surface area contributed by atoms with Crippen LogP contribution in [0, 0.1) is 0 Å². The van der Waals surface area contributed by atoms with E-state index in [0.717, 1.165) is 51.4 Å². The van der Waals surface area contributed by atoms with Gasteiger partial charge in [0.15, 0.2) is 0 Å². The maximum absolute atomic E-state index is 10.6. The van der Waals surface area contributed by atoms with Crippen LogP contribution in [-0.2, 0) is 11.2 Å². The van der Waals surface area contributed by atoms with Gasteiger partial charge in [-0.15, -0.1) is 0 Å². The van der Waals surface area contributed by atoms with Gasteiger partial charge in [-0.1, -0.05) is 0 Å². The largest absolute Gasteiger partial charge is 0.475 e. The Hall–Kier alpha value is -1.33. The Morgan fingerprint density at radius 2 is 2.12 bits per heavy atom. The normalized spacial score (nSPS) is 17.2. The van der Waals surface area contributed by atoms with Crippen molar-refractivity contribution in [3.63, 3.8) is 0 Å². The molecule has 0 atom stereocenters. The molecular weight excluding hydrogens is 222 g/mol. The number of aromatic carboxylic acids is 1. The molecule has 1 N–H and O–H groups in total. The number of ether oxygens (including phenoxy) is 1. The van der Waals surface area contributed by atoms with Crippen LogP contribution in [0.3, 0.4) is 0 Å². The smallest absolute Gasteiger partial charge is 0.371 e. The van der Waals surface area contributed by atoms with E-state index in [0.29, 0.717) is 0 Å². The van der Waals surface area contributed by atoms with E-state index in [2.05, 4.69) is 4.90 Å². The molecule has 1 aliphatic rings. The highest BCUT2D eigenvalue weighted by Crippen LogP contribution is 2.10. The van der Waals surface area contributed by atoms with Crippen LogP contribution in [0.2, 0.25) is 0 Å². The predicted octanol–water partition coefficient (Wildman–Crippen LogP) is 1.24.